The normalized spacial score (nSPS) is 10.6. The van der Waals surface area contributed by atoms with Gasteiger partial charge in [0, 0.05) is 18.0 Å². The minimum Gasteiger partial charge on any atom is -0.335 e. The van der Waals surface area contributed by atoms with Gasteiger partial charge in [-0.3, -0.25) is 9.78 Å². The molecule has 0 aliphatic carbocycles. The van der Waals surface area contributed by atoms with E-state index in [1.165, 1.54) is 10.7 Å². The number of nitrogen functional groups attached to an aromatic ring is 1. The van der Waals surface area contributed by atoms with Crippen molar-refractivity contribution in [2.45, 2.75) is 5.16 Å². The van der Waals surface area contributed by atoms with Crippen LogP contribution in [0.25, 0.3) is 11.5 Å². The van der Waals surface area contributed by atoms with E-state index in [9.17, 15) is 13.6 Å². The molecule has 3 aromatic rings. The van der Waals surface area contributed by atoms with Crippen molar-refractivity contribution in [1.82, 2.24) is 19.9 Å². The number of hydrogen-bond acceptors (Lipinski definition) is 6. The van der Waals surface area contributed by atoms with Crippen molar-refractivity contribution in [3.63, 3.8) is 0 Å². The highest BCUT2D eigenvalue weighted by Crippen LogP contribution is 2.20. The van der Waals surface area contributed by atoms with Crippen LogP contribution in [0.15, 0.2) is 47.8 Å². The molecule has 1 aromatic carbocycles. The molecule has 0 radical (unpaired) electrons. The van der Waals surface area contributed by atoms with E-state index < -0.39 is 17.5 Å². The summed E-state index contributed by atoms with van der Waals surface area (Å²) in [7, 11) is 0. The van der Waals surface area contributed by atoms with Gasteiger partial charge in [-0.05, 0) is 24.3 Å². The van der Waals surface area contributed by atoms with Gasteiger partial charge >= 0.3 is 0 Å². The van der Waals surface area contributed by atoms with E-state index in [0.717, 1.165) is 23.9 Å². The number of pyridine rings is 1. The third-order valence-corrected chi connectivity index (χ3v) is 4.04. The molecule has 0 fully saturated rings. The number of halogens is 2. The second-order valence-electron chi connectivity index (χ2n) is 4.86. The average Bonchev–Trinajstić information content (AvgIpc) is 2.98. The van der Waals surface area contributed by atoms with Gasteiger partial charge in [0.05, 0.1) is 5.75 Å². The van der Waals surface area contributed by atoms with E-state index in [1.54, 1.807) is 24.4 Å². The van der Waals surface area contributed by atoms with Crippen molar-refractivity contribution in [2.75, 3.05) is 16.9 Å². The molecule has 0 saturated carbocycles. The minimum absolute atomic E-state index is 0.0312. The lowest BCUT2D eigenvalue weighted by atomic mass is 10.3. The van der Waals surface area contributed by atoms with E-state index in [-0.39, 0.29) is 11.4 Å². The van der Waals surface area contributed by atoms with Crippen molar-refractivity contribution in [2.24, 2.45) is 0 Å². The predicted molar refractivity (Wildman–Crippen MR) is 89.1 cm³/mol. The molecule has 3 N–H and O–H groups in total. The first kappa shape index (κ1) is 16.8. The number of thioether (sulfide) groups is 1. The summed E-state index contributed by atoms with van der Waals surface area (Å²) in [6.45, 7) is 0. The lowest BCUT2D eigenvalue weighted by Gasteiger charge is -2.06. The van der Waals surface area contributed by atoms with E-state index in [1.807, 2.05) is 0 Å². The number of carbonyl (C=O) groups is 1. The summed E-state index contributed by atoms with van der Waals surface area (Å²) in [6, 6.07) is 8.40. The zero-order chi connectivity index (χ0) is 17.8. The largest absolute Gasteiger partial charge is 0.335 e. The Hall–Kier alpha value is -3.01. The summed E-state index contributed by atoms with van der Waals surface area (Å²) < 4.78 is 27.2. The van der Waals surface area contributed by atoms with Crippen molar-refractivity contribution < 1.29 is 13.6 Å². The Morgan fingerprint density at radius 3 is 2.76 bits per heavy atom. The second kappa shape index (κ2) is 7.26. The highest BCUT2D eigenvalue weighted by atomic mass is 32.2. The summed E-state index contributed by atoms with van der Waals surface area (Å²) in [5.41, 5.74) is 0.712. The van der Waals surface area contributed by atoms with Gasteiger partial charge in [-0.2, -0.15) is 0 Å². The Balaban J connectivity index is 1.63. The maximum absolute atomic E-state index is 13.1. The number of nitrogens with one attached hydrogen (secondary N) is 1. The fraction of sp³-hybridized carbons (Fsp3) is 0.0667. The Labute approximate surface area is 145 Å². The summed E-state index contributed by atoms with van der Waals surface area (Å²) in [6.07, 6.45) is 1.60. The van der Waals surface area contributed by atoms with Crippen LogP contribution in [0.3, 0.4) is 0 Å². The third-order valence-electron chi connectivity index (χ3n) is 3.09. The van der Waals surface area contributed by atoms with Crippen LogP contribution in [-0.2, 0) is 4.79 Å². The maximum atomic E-state index is 13.1. The molecule has 128 valence electrons. The van der Waals surface area contributed by atoms with Crippen LogP contribution < -0.4 is 11.2 Å². The summed E-state index contributed by atoms with van der Waals surface area (Å²) in [5, 5.41) is 10.7. The van der Waals surface area contributed by atoms with Crippen LogP contribution in [-0.4, -0.2) is 31.5 Å². The molecule has 0 saturated heterocycles. The average molecular weight is 362 g/mol. The number of benzene rings is 1. The van der Waals surface area contributed by atoms with Gasteiger partial charge in [-0.15, -0.1) is 10.2 Å². The number of nitrogens with two attached hydrogens (primary N) is 1. The van der Waals surface area contributed by atoms with Crippen LogP contribution in [0.4, 0.5) is 14.5 Å². The second-order valence-corrected chi connectivity index (χ2v) is 5.80. The fourth-order valence-corrected chi connectivity index (χ4v) is 2.60. The molecule has 0 atom stereocenters. The van der Waals surface area contributed by atoms with Crippen LogP contribution in [0.1, 0.15) is 0 Å². The van der Waals surface area contributed by atoms with Crippen molar-refractivity contribution in [3.05, 3.63) is 54.2 Å². The van der Waals surface area contributed by atoms with Crippen LogP contribution >= 0.6 is 11.8 Å². The number of aromatic nitrogens is 4. The molecule has 0 spiro atoms. The van der Waals surface area contributed by atoms with Gasteiger partial charge in [0.25, 0.3) is 0 Å². The predicted octanol–water partition coefficient (Wildman–Crippen LogP) is 2.06. The zero-order valence-corrected chi connectivity index (χ0v) is 13.5. The lowest BCUT2D eigenvalue weighted by Crippen LogP contribution is -2.16. The first-order valence-electron chi connectivity index (χ1n) is 7.04. The monoisotopic (exact) mass is 362 g/mol. The number of anilines is 1. The molecule has 0 unspecified atom stereocenters. The van der Waals surface area contributed by atoms with Crippen molar-refractivity contribution in [1.29, 1.82) is 0 Å². The Morgan fingerprint density at radius 2 is 2.04 bits per heavy atom. The summed E-state index contributed by atoms with van der Waals surface area (Å²) in [5.74, 6) is 3.82. The molecule has 0 aliphatic rings. The minimum atomic E-state index is -1.04. The van der Waals surface area contributed by atoms with E-state index >= 15 is 0 Å². The van der Waals surface area contributed by atoms with Gasteiger partial charge in [-0.1, -0.05) is 17.8 Å². The van der Waals surface area contributed by atoms with Gasteiger partial charge in [0.15, 0.2) is 11.6 Å². The number of amides is 1. The zero-order valence-electron chi connectivity index (χ0n) is 12.7. The number of rotatable bonds is 5. The van der Waals surface area contributed by atoms with Crippen LogP contribution in [0.2, 0.25) is 0 Å². The van der Waals surface area contributed by atoms with Crippen molar-refractivity contribution >= 4 is 23.4 Å². The van der Waals surface area contributed by atoms with Gasteiger partial charge in [-0.25, -0.2) is 13.5 Å². The molecular weight excluding hydrogens is 350 g/mol. The SMILES string of the molecule is Nn1c(SCC(=O)Nc2ccc(F)c(F)c2)nnc1-c1ccccn1. The quantitative estimate of drug-likeness (QED) is 0.532. The Morgan fingerprint density at radius 1 is 1.20 bits per heavy atom. The highest BCUT2D eigenvalue weighted by molar-refractivity contribution is 7.99. The van der Waals surface area contributed by atoms with Crippen molar-refractivity contribution in [3.8, 4) is 11.5 Å². The maximum Gasteiger partial charge on any atom is 0.234 e. The van der Waals surface area contributed by atoms with Crippen LogP contribution in [0, 0.1) is 11.6 Å². The van der Waals surface area contributed by atoms with Gasteiger partial charge in [0.1, 0.15) is 5.69 Å². The third kappa shape index (κ3) is 3.91. The topological polar surface area (TPSA) is 98.7 Å². The van der Waals surface area contributed by atoms with E-state index in [4.69, 9.17) is 5.84 Å². The molecule has 10 heteroatoms. The molecule has 1 amide bonds. The Kier molecular flexibility index (Phi) is 4.89. The standard InChI is InChI=1S/C15H12F2N6OS/c16-10-5-4-9(7-11(10)17)20-13(24)8-25-15-22-21-14(23(15)18)12-3-1-2-6-19-12/h1-7H,8,18H2,(H,20,24). The summed E-state index contributed by atoms with van der Waals surface area (Å²) >= 11 is 1.05. The molecule has 0 bridgehead atoms. The van der Waals surface area contributed by atoms with E-state index in [2.05, 4.69) is 20.5 Å². The van der Waals surface area contributed by atoms with E-state index in [0.29, 0.717) is 16.7 Å². The van der Waals surface area contributed by atoms with Gasteiger partial charge < -0.3 is 11.2 Å². The number of hydrogen-bond donors (Lipinski definition) is 2. The molecule has 25 heavy (non-hydrogen) atoms. The molecule has 3 rings (SSSR count). The molecule has 2 heterocycles. The smallest absolute Gasteiger partial charge is 0.234 e. The van der Waals surface area contributed by atoms with Gasteiger partial charge in [0.2, 0.25) is 16.9 Å². The first-order valence-corrected chi connectivity index (χ1v) is 8.03. The number of nitrogens with zero attached hydrogens (tertiary/aromatic N) is 4. The molecule has 0 aliphatic heterocycles. The molecule has 2 aromatic heterocycles. The molecule has 7 nitrogen and oxygen atoms in total. The van der Waals surface area contributed by atoms with Crippen LogP contribution in [0.5, 0.6) is 0 Å². The fourth-order valence-electron chi connectivity index (χ4n) is 1.95. The highest BCUT2D eigenvalue weighted by Gasteiger charge is 2.14. The number of carbonyl (C=O) groups excluding carboxylic acids is 1. The summed E-state index contributed by atoms with van der Waals surface area (Å²) in [4.78, 5) is 16.0. The first-order chi connectivity index (χ1) is 12.0. The molecular formula is C15H12F2N6OS. The Bertz CT molecular complexity index is 902. The lowest BCUT2D eigenvalue weighted by molar-refractivity contribution is -0.113.